The molecule has 0 radical (unpaired) electrons. The zero-order valence-electron chi connectivity index (χ0n) is 16.6. The van der Waals surface area contributed by atoms with Gasteiger partial charge in [0.05, 0.1) is 4.88 Å². The first-order chi connectivity index (χ1) is 13.3. The molecule has 1 unspecified atom stereocenters. The van der Waals surface area contributed by atoms with Crippen molar-refractivity contribution in [2.45, 2.75) is 39.7 Å². The maximum atomic E-state index is 13.1. The molecule has 1 N–H and O–H groups in total. The number of likely N-dealkylation sites (tertiary alicyclic amines) is 1. The number of piperidine rings is 1. The van der Waals surface area contributed by atoms with Gasteiger partial charge in [-0.1, -0.05) is 26.0 Å². The Hall–Kier alpha value is -2.21. The molecule has 1 fully saturated rings. The Morgan fingerprint density at radius 1 is 1.07 bits per heavy atom. The summed E-state index contributed by atoms with van der Waals surface area (Å²) in [6.07, 6.45) is 1.39. The number of benzene rings is 1. The van der Waals surface area contributed by atoms with E-state index in [9.17, 15) is 14.0 Å². The first kappa shape index (κ1) is 20.5. The third kappa shape index (κ3) is 4.79. The fraction of sp³-hybridized carbons (Fsp3) is 0.455. The molecule has 150 valence electrons. The number of amides is 2. The van der Waals surface area contributed by atoms with Gasteiger partial charge in [-0.05, 0) is 55.5 Å². The molecule has 28 heavy (non-hydrogen) atoms. The highest BCUT2D eigenvalue weighted by molar-refractivity contribution is 7.17. The van der Waals surface area contributed by atoms with Crippen LogP contribution in [0.25, 0.3) is 10.4 Å². The second-order valence-electron chi connectivity index (χ2n) is 7.78. The van der Waals surface area contributed by atoms with Crippen molar-refractivity contribution in [3.05, 3.63) is 47.1 Å². The van der Waals surface area contributed by atoms with Crippen LogP contribution < -0.4 is 5.32 Å². The minimum atomic E-state index is -0.272. The molecule has 0 bridgehead atoms. The number of hydrogen-bond donors (Lipinski definition) is 1. The fourth-order valence-electron chi connectivity index (χ4n) is 3.23. The van der Waals surface area contributed by atoms with Crippen molar-refractivity contribution in [3.8, 4) is 10.4 Å². The monoisotopic (exact) mass is 402 g/mol. The molecule has 3 rings (SSSR count). The summed E-state index contributed by atoms with van der Waals surface area (Å²) in [5, 5.41) is 3.08. The summed E-state index contributed by atoms with van der Waals surface area (Å²) in [5.41, 5.74) is 0.903. The summed E-state index contributed by atoms with van der Waals surface area (Å²) in [7, 11) is 0. The van der Waals surface area contributed by atoms with Gasteiger partial charge < -0.3 is 10.2 Å². The number of nitrogens with zero attached hydrogens (tertiary/aromatic N) is 1. The lowest BCUT2D eigenvalue weighted by Crippen LogP contribution is -2.45. The predicted octanol–water partition coefficient (Wildman–Crippen LogP) is 4.57. The number of nitrogens with one attached hydrogen (secondary N) is 1. The van der Waals surface area contributed by atoms with Gasteiger partial charge >= 0.3 is 0 Å². The van der Waals surface area contributed by atoms with Gasteiger partial charge in [0.25, 0.3) is 5.91 Å². The van der Waals surface area contributed by atoms with Gasteiger partial charge in [-0.15, -0.1) is 11.3 Å². The zero-order valence-corrected chi connectivity index (χ0v) is 17.4. The second-order valence-corrected chi connectivity index (χ2v) is 8.86. The highest BCUT2D eigenvalue weighted by Gasteiger charge is 2.29. The van der Waals surface area contributed by atoms with Crippen molar-refractivity contribution in [1.82, 2.24) is 10.2 Å². The van der Waals surface area contributed by atoms with Gasteiger partial charge in [0, 0.05) is 29.9 Å². The Labute approximate surface area is 169 Å². The first-order valence-corrected chi connectivity index (χ1v) is 10.6. The van der Waals surface area contributed by atoms with E-state index in [0.29, 0.717) is 36.7 Å². The van der Waals surface area contributed by atoms with E-state index in [1.807, 2.05) is 24.0 Å². The lowest BCUT2D eigenvalue weighted by atomic mass is 9.94. The summed E-state index contributed by atoms with van der Waals surface area (Å²) in [6, 6.07) is 10.2. The lowest BCUT2D eigenvalue weighted by Gasteiger charge is -2.32. The van der Waals surface area contributed by atoms with Gasteiger partial charge in [0.2, 0.25) is 5.91 Å². The van der Waals surface area contributed by atoms with Crippen LogP contribution in [0.5, 0.6) is 0 Å². The number of hydrogen-bond acceptors (Lipinski definition) is 3. The molecule has 2 aromatic rings. The van der Waals surface area contributed by atoms with Crippen LogP contribution in [0.15, 0.2) is 36.4 Å². The molecular weight excluding hydrogens is 375 g/mol. The van der Waals surface area contributed by atoms with Crippen molar-refractivity contribution >= 4 is 23.2 Å². The van der Waals surface area contributed by atoms with E-state index in [-0.39, 0.29) is 29.6 Å². The third-order valence-corrected chi connectivity index (χ3v) is 6.59. The highest BCUT2D eigenvalue weighted by Crippen LogP contribution is 2.30. The van der Waals surface area contributed by atoms with Crippen molar-refractivity contribution in [1.29, 1.82) is 0 Å². The highest BCUT2D eigenvalue weighted by atomic mass is 32.1. The molecular formula is C22H27FN2O2S. The maximum Gasteiger partial charge on any atom is 0.263 e. The first-order valence-electron chi connectivity index (χ1n) is 9.80. The summed E-state index contributed by atoms with van der Waals surface area (Å²) < 4.78 is 13.1. The smallest absolute Gasteiger partial charge is 0.263 e. The van der Waals surface area contributed by atoms with Crippen LogP contribution in [-0.2, 0) is 4.79 Å². The standard InChI is InChI=1S/C22H27FN2O2S/c1-14(2)15(3)24-21(26)17-10-12-25(13-11-17)22(27)20-9-8-19(28-20)16-4-6-18(23)7-5-16/h4-9,14-15,17H,10-13H2,1-3H3,(H,24,26). The van der Waals surface area contributed by atoms with Crippen LogP contribution in [0.4, 0.5) is 4.39 Å². The molecule has 6 heteroatoms. The van der Waals surface area contributed by atoms with Crippen LogP contribution >= 0.6 is 11.3 Å². The van der Waals surface area contributed by atoms with Crippen LogP contribution in [0.3, 0.4) is 0 Å². The van der Waals surface area contributed by atoms with E-state index >= 15 is 0 Å². The minimum Gasteiger partial charge on any atom is -0.353 e. The lowest BCUT2D eigenvalue weighted by molar-refractivity contribution is -0.127. The van der Waals surface area contributed by atoms with E-state index in [0.717, 1.165) is 10.4 Å². The zero-order chi connectivity index (χ0) is 20.3. The largest absolute Gasteiger partial charge is 0.353 e. The second kappa shape index (κ2) is 8.86. The summed E-state index contributed by atoms with van der Waals surface area (Å²) in [5.74, 6) is 0.213. The predicted molar refractivity (Wildman–Crippen MR) is 111 cm³/mol. The Bertz CT molecular complexity index is 823. The van der Waals surface area contributed by atoms with E-state index in [4.69, 9.17) is 0 Å². The molecule has 4 nitrogen and oxygen atoms in total. The van der Waals surface area contributed by atoms with Crippen LogP contribution in [-0.4, -0.2) is 35.8 Å². The summed E-state index contributed by atoms with van der Waals surface area (Å²) in [6.45, 7) is 7.39. The van der Waals surface area contributed by atoms with Crippen molar-refractivity contribution in [2.75, 3.05) is 13.1 Å². The normalized spacial score (nSPS) is 16.2. The Kier molecular flexibility index (Phi) is 6.50. The SMILES string of the molecule is CC(C)C(C)NC(=O)C1CCN(C(=O)c2ccc(-c3ccc(F)cc3)s2)CC1. The third-order valence-electron chi connectivity index (χ3n) is 5.47. The fourth-order valence-corrected chi connectivity index (χ4v) is 4.21. The van der Waals surface area contributed by atoms with Crippen LogP contribution in [0, 0.1) is 17.7 Å². The molecule has 1 aromatic heterocycles. The molecule has 1 aliphatic rings. The Morgan fingerprint density at radius 2 is 1.71 bits per heavy atom. The number of carbonyl (C=O) groups excluding carboxylic acids is 2. The molecule has 1 aromatic carbocycles. The number of rotatable bonds is 5. The van der Waals surface area contributed by atoms with Crippen molar-refractivity contribution < 1.29 is 14.0 Å². The van der Waals surface area contributed by atoms with Gasteiger partial charge in [0.15, 0.2) is 0 Å². The minimum absolute atomic E-state index is 0.00719. The van der Waals surface area contributed by atoms with Gasteiger partial charge in [-0.2, -0.15) is 0 Å². The van der Waals surface area contributed by atoms with Gasteiger partial charge in [-0.25, -0.2) is 4.39 Å². The topological polar surface area (TPSA) is 49.4 Å². The average molecular weight is 403 g/mol. The molecule has 1 saturated heterocycles. The van der Waals surface area contributed by atoms with Gasteiger partial charge in [-0.3, -0.25) is 9.59 Å². The quantitative estimate of drug-likeness (QED) is 0.797. The van der Waals surface area contributed by atoms with E-state index < -0.39 is 0 Å². The molecule has 1 aliphatic heterocycles. The molecule has 0 spiro atoms. The number of carbonyl (C=O) groups is 2. The number of halogens is 1. The average Bonchev–Trinajstić information content (AvgIpc) is 3.18. The molecule has 2 amide bonds. The Balaban J connectivity index is 1.57. The van der Waals surface area contributed by atoms with Crippen LogP contribution in [0.2, 0.25) is 0 Å². The van der Waals surface area contributed by atoms with E-state index in [1.165, 1.54) is 23.5 Å². The molecule has 0 saturated carbocycles. The molecule has 2 heterocycles. The maximum absolute atomic E-state index is 13.1. The summed E-state index contributed by atoms with van der Waals surface area (Å²) in [4.78, 5) is 28.7. The molecule has 0 aliphatic carbocycles. The Morgan fingerprint density at radius 3 is 2.32 bits per heavy atom. The van der Waals surface area contributed by atoms with Crippen molar-refractivity contribution in [3.63, 3.8) is 0 Å². The van der Waals surface area contributed by atoms with Crippen molar-refractivity contribution in [2.24, 2.45) is 11.8 Å². The van der Waals surface area contributed by atoms with Gasteiger partial charge in [0.1, 0.15) is 5.82 Å². The molecule has 1 atom stereocenters. The summed E-state index contributed by atoms with van der Waals surface area (Å²) >= 11 is 1.42. The van der Waals surface area contributed by atoms with Crippen LogP contribution in [0.1, 0.15) is 43.3 Å². The number of thiophene rings is 1. The van der Waals surface area contributed by atoms with E-state index in [1.54, 1.807) is 12.1 Å². The van der Waals surface area contributed by atoms with E-state index in [2.05, 4.69) is 19.2 Å².